The first-order valence-corrected chi connectivity index (χ1v) is 4.54. The quantitative estimate of drug-likeness (QED) is 0.469. The van der Waals surface area contributed by atoms with Crippen LogP contribution in [-0.2, 0) is 14.3 Å². The topological polar surface area (TPSA) is 43.4 Å². The van der Waals surface area contributed by atoms with Crippen molar-refractivity contribution >= 4 is 11.8 Å². The summed E-state index contributed by atoms with van der Waals surface area (Å²) in [6.45, 7) is 1.79. The molecule has 1 fully saturated rings. The summed E-state index contributed by atoms with van der Waals surface area (Å²) in [6, 6.07) is 0. The molecular formula is C10H12O3. The number of Topliss-reactive ketones (excluding diaryl/α,β-unsaturated/α-hetero) is 1. The van der Waals surface area contributed by atoms with Gasteiger partial charge in [-0.05, 0) is 6.42 Å². The van der Waals surface area contributed by atoms with E-state index in [1.807, 2.05) is 12.2 Å². The molecule has 2 aliphatic rings. The highest BCUT2D eigenvalue weighted by atomic mass is 16.5. The van der Waals surface area contributed by atoms with E-state index in [9.17, 15) is 9.59 Å². The van der Waals surface area contributed by atoms with Crippen LogP contribution in [0.4, 0.5) is 0 Å². The number of ether oxygens (including phenoxy) is 1. The van der Waals surface area contributed by atoms with Crippen molar-refractivity contribution in [3.63, 3.8) is 0 Å². The monoisotopic (exact) mass is 180 g/mol. The van der Waals surface area contributed by atoms with Gasteiger partial charge in [0.05, 0.1) is 6.61 Å². The van der Waals surface area contributed by atoms with Crippen LogP contribution in [0.3, 0.4) is 0 Å². The fourth-order valence-electron chi connectivity index (χ4n) is 2.14. The Morgan fingerprint density at radius 1 is 1.62 bits per heavy atom. The second kappa shape index (κ2) is 2.98. The fraction of sp³-hybridized carbons (Fsp3) is 0.600. The lowest BCUT2D eigenvalue weighted by atomic mass is 9.94. The van der Waals surface area contributed by atoms with Crippen molar-refractivity contribution in [1.82, 2.24) is 0 Å². The minimum atomic E-state index is -0.265. The van der Waals surface area contributed by atoms with Crippen LogP contribution in [0.5, 0.6) is 0 Å². The van der Waals surface area contributed by atoms with Gasteiger partial charge in [-0.1, -0.05) is 12.2 Å². The Morgan fingerprint density at radius 3 is 2.85 bits per heavy atom. The molecule has 2 aliphatic carbocycles. The second-order valence-corrected chi connectivity index (χ2v) is 3.72. The van der Waals surface area contributed by atoms with Gasteiger partial charge >= 0.3 is 5.97 Å². The molecule has 0 aromatic carbocycles. The zero-order chi connectivity index (χ0) is 9.42. The summed E-state index contributed by atoms with van der Waals surface area (Å²) < 4.78 is 4.90. The van der Waals surface area contributed by atoms with Crippen molar-refractivity contribution in [3.05, 3.63) is 12.2 Å². The second-order valence-electron chi connectivity index (χ2n) is 3.72. The number of ketones is 1. The molecule has 3 atom stereocenters. The minimum absolute atomic E-state index is 0.0179. The van der Waals surface area contributed by atoms with Gasteiger partial charge < -0.3 is 4.74 Å². The molecule has 13 heavy (non-hydrogen) atoms. The molecule has 0 aromatic rings. The molecule has 3 heteroatoms. The molecule has 0 unspecified atom stereocenters. The van der Waals surface area contributed by atoms with E-state index in [2.05, 4.69) is 0 Å². The molecule has 0 amide bonds. The van der Waals surface area contributed by atoms with Gasteiger partial charge in [0.25, 0.3) is 0 Å². The van der Waals surface area contributed by atoms with Crippen molar-refractivity contribution in [2.45, 2.75) is 13.3 Å². The van der Waals surface area contributed by atoms with Gasteiger partial charge in [-0.15, -0.1) is 0 Å². The first-order chi connectivity index (χ1) is 6.18. The molecule has 2 rings (SSSR count). The summed E-state index contributed by atoms with van der Waals surface area (Å²) in [5, 5.41) is 0. The number of allylic oxidation sites excluding steroid dienone is 2. The number of hydrogen-bond acceptors (Lipinski definition) is 3. The highest BCUT2D eigenvalue weighted by Gasteiger charge is 2.43. The molecule has 0 heterocycles. The first-order valence-electron chi connectivity index (χ1n) is 4.54. The predicted molar refractivity (Wildman–Crippen MR) is 45.9 cm³/mol. The van der Waals surface area contributed by atoms with Crippen molar-refractivity contribution in [2.24, 2.45) is 17.8 Å². The van der Waals surface area contributed by atoms with Gasteiger partial charge in [0.2, 0.25) is 0 Å². The predicted octanol–water partition coefficient (Wildman–Crippen LogP) is 0.941. The van der Waals surface area contributed by atoms with E-state index in [1.54, 1.807) is 0 Å². The van der Waals surface area contributed by atoms with Gasteiger partial charge in [0.1, 0.15) is 5.78 Å². The first kappa shape index (κ1) is 8.48. The maximum absolute atomic E-state index is 11.4. The molecule has 0 N–H and O–H groups in total. The Labute approximate surface area is 76.8 Å². The fourth-order valence-corrected chi connectivity index (χ4v) is 2.14. The Kier molecular flexibility index (Phi) is 1.94. The van der Waals surface area contributed by atoms with Gasteiger partial charge in [-0.25, -0.2) is 0 Å². The number of fused-ring (bicyclic) bond motifs is 2. The number of rotatable bonds is 2. The van der Waals surface area contributed by atoms with E-state index in [-0.39, 0.29) is 23.7 Å². The van der Waals surface area contributed by atoms with Gasteiger partial charge in [-0.2, -0.15) is 0 Å². The third-order valence-corrected chi connectivity index (χ3v) is 2.81. The average Bonchev–Trinajstić information content (AvgIpc) is 2.58. The zero-order valence-electron chi connectivity index (χ0n) is 7.53. The van der Waals surface area contributed by atoms with Crippen LogP contribution in [0.2, 0.25) is 0 Å². The van der Waals surface area contributed by atoms with Crippen LogP contribution in [-0.4, -0.2) is 18.4 Å². The van der Waals surface area contributed by atoms with E-state index in [1.165, 1.54) is 6.92 Å². The van der Waals surface area contributed by atoms with E-state index >= 15 is 0 Å². The standard InChI is InChI=1S/C10H12O3/c1-6(11)13-5-8-4-7-2-3-9(8)10(7)12/h2-3,7-9H,4-5H2,1H3/t7-,8-,9+/m1/s1. The van der Waals surface area contributed by atoms with Crippen molar-refractivity contribution in [2.75, 3.05) is 6.61 Å². The van der Waals surface area contributed by atoms with E-state index in [4.69, 9.17) is 4.74 Å². The summed E-state index contributed by atoms with van der Waals surface area (Å²) in [5.74, 6) is 0.387. The number of carbonyl (C=O) groups is 2. The zero-order valence-corrected chi connectivity index (χ0v) is 7.53. The number of esters is 1. The minimum Gasteiger partial charge on any atom is -0.466 e. The van der Waals surface area contributed by atoms with Crippen LogP contribution in [0.1, 0.15) is 13.3 Å². The maximum Gasteiger partial charge on any atom is 0.302 e. The Bertz CT molecular complexity index is 280. The van der Waals surface area contributed by atoms with Gasteiger partial charge in [-0.3, -0.25) is 9.59 Å². The SMILES string of the molecule is CC(=O)OC[C@H]1C[C@H]2C=C[C@@H]1C2=O. The number of carbonyl (C=O) groups excluding carboxylic acids is 2. The van der Waals surface area contributed by atoms with Gasteiger partial charge in [0.15, 0.2) is 0 Å². The normalized spacial score (nSPS) is 35.5. The summed E-state index contributed by atoms with van der Waals surface area (Å²) >= 11 is 0. The van der Waals surface area contributed by atoms with Crippen LogP contribution < -0.4 is 0 Å². The van der Waals surface area contributed by atoms with Crippen molar-refractivity contribution < 1.29 is 14.3 Å². The van der Waals surface area contributed by atoms with Crippen LogP contribution in [0.25, 0.3) is 0 Å². The molecule has 3 nitrogen and oxygen atoms in total. The molecule has 0 aromatic heterocycles. The summed E-state index contributed by atoms with van der Waals surface area (Å²) in [4.78, 5) is 22.0. The number of hydrogen-bond donors (Lipinski definition) is 0. The highest BCUT2D eigenvalue weighted by molar-refractivity contribution is 5.91. The molecule has 0 saturated heterocycles. The molecule has 0 radical (unpaired) electrons. The summed E-state index contributed by atoms with van der Waals surface area (Å²) in [5.41, 5.74) is 0. The van der Waals surface area contributed by atoms with Crippen LogP contribution >= 0.6 is 0 Å². The molecule has 1 saturated carbocycles. The lowest BCUT2D eigenvalue weighted by Crippen LogP contribution is -2.18. The van der Waals surface area contributed by atoms with Gasteiger partial charge in [0, 0.05) is 24.7 Å². The molecular weight excluding hydrogens is 168 g/mol. The molecule has 70 valence electrons. The Morgan fingerprint density at radius 2 is 2.38 bits per heavy atom. The lowest BCUT2D eigenvalue weighted by molar-refractivity contribution is -0.142. The maximum atomic E-state index is 11.4. The lowest BCUT2D eigenvalue weighted by Gasteiger charge is -2.15. The highest BCUT2D eigenvalue weighted by Crippen LogP contribution is 2.40. The smallest absolute Gasteiger partial charge is 0.302 e. The molecule has 0 spiro atoms. The van der Waals surface area contributed by atoms with E-state index in [0.29, 0.717) is 12.4 Å². The Balaban J connectivity index is 1.94. The third-order valence-electron chi connectivity index (χ3n) is 2.81. The van der Waals surface area contributed by atoms with Crippen LogP contribution in [0.15, 0.2) is 12.2 Å². The van der Waals surface area contributed by atoms with Crippen molar-refractivity contribution in [3.8, 4) is 0 Å². The van der Waals surface area contributed by atoms with Crippen LogP contribution in [0, 0.1) is 17.8 Å². The largest absolute Gasteiger partial charge is 0.466 e. The molecule has 0 aliphatic heterocycles. The average molecular weight is 180 g/mol. The third kappa shape index (κ3) is 1.39. The van der Waals surface area contributed by atoms with E-state index < -0.39 is 0 Å². The van der Waals surface area contributed by atoms with E-state index in [0.717, 1.165) is 6.42 Å². The summed E-state index contributed by atoms with van der Waals surface area (Å²) in [6.07, 6.45) is 4.77. The summed E-state index contributed by atoms with van der Waals surface area (Å²) in [7, 11) is 0. The van der Waals surface area contributed by atoms with Crippen molar-refractivity contribution in [1.29, 1.82) is 0 Å². The molecule has 2 bridgehead atoms. The Hall–Kier alpha value is -1.12.